The maximum absolute atomic E-state index is 16.0. The molecule has 0 saturated heterocycles. The van der Waals surface area contributed by atoms with Gasteiger partial charge in [-0.15, -0.1) is 0 Å². The first-order valence-corrected chi connectivity index (χ1v) is 24.9. The predicted octanol–water partition coefficient (Wildman–Crippen LogP) is 19.5. The normalized spacial score (nSPS) is 12.4. The van der Waals surface area contributed by atoms with Gasteiger partial charge < -0.3 is 15.0 Å². The monoisotopic (exact) mass is 993 g/mol. The molecule has 0 fully saturated rings. The molecule has 12 rings (SSSR count). The van der Waals surface area contributed by atoms with Gasteiger partial charge >= 0.3 is 6.18 Å². The highest BCUT2D eigenvalue weighted by atomic mass is 19.4. The lowest BCUT2D eigenvalue weighted by molar-refractivity contribution is -0.0885. The van der Waals surface area contributed by atoms with E-state index in [2.05, 4.69) is 119 Å². The Balaban J connectivity index is 0.897. The van der Waals surface area contributed by atoms with E-state index in [1.54, 1.807) is 0 Å². The molecule has 366 valence electrons. The highest BCUT2D eigenvalue weighted by molar-refractivity contribution is 6.02. The van der Waals surface area contributed by atoms with Crippen LogP contribution in [0.25, 0.3) is 55.6 Å². The Hall–Kier alpha value is -9.60. The number of anilines is 6. The fraction of sp³-hybridized carbons (Fsp3) is 0.0147. The number of hydrogen-bond acceptors (Lipinski definition) is 4. The minimum Gasteiger partial charge on any atom is -0.616 e. The zero-order valence-corrected chi connectivity index (χ0v) is 40.9. The Morgan fingerprint density at radius 1 is 0.329 bits per heavy atom. The number of ketones is 1. The number of halogens is 3. The number of para-hydroxylation sites is 4. The number of nitrogens with zero attached hydrogens (tertiary/aromatic N) is 3. The van der Waals surface area contributed by atoms with Crippen LogP contribution in [0.15, 0.2) is 279 Å². The van der Waals surface area contributed by atoms with Crippen LogP contribution in [0.5, 0.6) is 0 Å². The first-order chi connectivity index (χ1) is 37.1. The number of rotatable bonds is 12. The summed E-state index contributed by atoms with van der Waals surface area (Å²) in [7, 11) is 0. The highest BCUT2D eigenvalue weighted by Crippen LogP contribution is 2.58. The van der Waals surface area contributed by atoms with Gasteiger partial charge in [0.25, 0.3) is 5.78 Å². The number of benzene rings is 11. The average Bonchev–Trinajstić information content (AvgIpc) is 3.86. The Labute approximate surface area is 439 Å². The van der Waals surface area contributed by atoms with Crippen LogP contribution in [0, 0.1) is 5.21 Å². The summed E-state index contributed by atoms with van der Waals surface area (Å²) in [6, 6.07) is 91.4. The van der Waals surface area contributed by atoms with Gasteiger partial charge in [-0.1, -0.05) is 146 Å². The van der Waals surface area contributed by atoms with Crippen molar-refractivity contribution in [3.05, 3.63) is 290 Å². The molecule has 0 unspecified atom stereocenters. The van der Waals surface area contributed by atoms with Crippen LogP contribution < -0.4 is 14.4 Å². The van der Waals surface area contributed by atoms with E-state index in [9.17, 15) is 18.0 Å². The van der Waals surface area contributed by atoms with E-state index in [0.717, 1.165) is 84.2 Å². The fourth-order valence-electron chi connectivity index (χ4n) is 10.3. The molecule has 0 N–H and O–H groups in total. The molecule has 0 radical (unpaired) electrons. The second-order valence-electron chi connectivity index (χ2n) is 18.7. The molecule has 0 aliphatic carbocycles. The minimum absolute atomic E-state index is 0.406. The van der Waals surface area contributed by atoms with Gasteiger partial charge in [-0.3, -0.25) is 9.44 Å². The summed E-state index contributed by atoms with van der Waals surface area (Å²) < 4.78 is 38.3. The number of carbonyl (C=O) groups excluding carboxylic acids is 1. The van der Waals surface area contributed by atoms with E-state index in [1.807, 2.05) is 146 Å². The van der Waals surface area contributed by atoms with Crippen molar-refractivity contribution < 1.29 is 18.0 Å². The molecular weight excluding hydrogens is 948 g/mol. The number of carbonyl (C=O) groups is 1. The van der Waals surface area contributed by atoms with Gasteiger partial charge in [0.2, 0.25) is 0 Å². The quantitative estimate of drug-likeness (QED) is 0.0695. The van der Waals surface area contributed by atoms with Gasteiger partial charge in [0.1, 0.15) is 5.69 Å². The third-order valence-electron chi connectivity index (χ3n) is 14.1. The third-order valence-corrected chi connectivity index (χ3v) is 14.1. The van der Waals surface area contributed by atoms with Crippen molar-refractivity contribution in [2.24, 2.45) is 0 Å². The number of Topliss-reactive ketones (excluding diaryl/α,β-unsaturated/α-hetero) is 1. The summed E-state index contributed by atoms with van der Waals surface area (Å²) in [4.78, 5) is 16.2. The lowest BCUT2D eigenvalue weighted by atomic mass is 9.96. The molecule has 0 atom stereocenters. The van der Waals surface area contributed by atoms with Crippen LogP contribution in [0.4, 0.5) is 64.4 Å². The molecular formula is C68H46F3N3O2. The van der Waals surface area contributed by atoms with Crippen molar-refractivity contribution in [1.29, 1.82) is 0 Å². The van der Waals surface area contributed by atoms with Gasteiger partial charge in [0, 0.05) is 64.0 Å². The number of fused-ring (bicyclic) bond motifs is 3. The molecule has 0 spiro atoms. The summed E-state index contributed by atoms with van der Waals surface area (Å²) in [5.74, 6) is -1.87. The Kier molecular flexibility index (Phi) is 12.3. The third kappa shape index (κ3) is 8.92. The summed E-state index contributed by atoms with van der Waals surface area (Å²) in [5.41, 5.74) is 16.6. The van der Waals surface area contributed by atoms with E-state index in [0.29, 0.717) is 22.6 Å². The van der Waals surface area contributed by atoms with Crippen molar-refractivity contribution >= 4 is 57.0 Å². The molecule has 0 bridgehead atoms. The molecule has 1 heterocycles. The maximum Gasteiger partial charge on any atom is 0.454 e. The van der Waals surface area contributed by atoms with Crippen LogP contribution in [0.3, 0.4) is 0 Å². The van der Waals surface area contributed by atoms with Crippen molar-refractivity contribution in [2.75, 3.05) is 9.80 Å². The van der Waals surface area contributed by atoms with Crippen LogP contribution in [-0.4, -0.2) is 12.0 Å². The standard InChI is InChI=1S/C68H46F3N3O2/c69-68(70,71)67(75)53-27-25-49(26-28-53)47-21-23-48(24-22-47)50-33-41-62(42-34-50)74(76)65-43-35-54(51-29-37-60(38-30-51)72(56-13-5-1-6-14-56)57-15-7-2-8-16-57)45-63(65)64-46-55(36-44-66(64)74)52-31-39-61(40-32-52)73(58-17-9-3-10-18-58)59-19-11-4-12-20-59/h1-46H. The minimum atomic E-state index is -4.94. The van der Waals surface area contributed by atoms with Crippen LogP contribution >= 0.6 is 0 Å². The van der Waals surface area contributed by atoms with E-state index in [1.165, 1.54) is 24.3 Å². The first-order valence-electron chi connectivity index (χ1n) is 24.9. The van der Waals surface area contributed by atoms with Crippen molar-refractivity contribution in [2.45, 2.75) is 6.18 Å². The number of quaternary nitrogens is 1. The second-order valence-corrected chi connectivity index (χ2v) is 18.7. The Bertz CT molecular complexity index is 3580. The summed E-state index contributed by atoms with van der Waals surface area (Å²) in [5, 5.41) is 16.0. The van der Waals surface area contributed by atoms with E-state index in [4.69, 9.17) is 0 Å². The molecule has 1 aliphatic rings. The van der Waals surface area contributed by atoms with E-state index >= 15 is 5.21 Å². The molecule has 1 aliphatic heterocycles. The molecule has 0 amide bonds. The molecule has 0 aromatic heterocycles. The van der Waals surface area contributed by atoms with Crippen molar-refractivity contribution in [3.8, 4) is 55.6 Å². The highest BCUT2D eigenvalue weighted by Gasteiger charge is 2.41. The number of alkyl halides is 3. The maximum atomic E-state index is 16.0. The zero-order chi connectivity index (χ0) is 51.8. The summed E-state index contributed by atoms with van der Waals surface area (Å²) in [6.45, 7) is 0. The smallest absolute Gasteiger partial charge is 0.454 e. The van der Waals surface area contributed by atoms with Crippen LogP contribution in [0.2, 0.25) is 0 Å². The Morgan fingerprint density at radius 3 is 0.921 bits per heavy atom. The van der Waals surface area contributed by atoms with Gasteiger partial charge in [-0.25, -0.2) is 0 Å². The second kappa shape index (κ2) is 19.7. The summed E-state index contributed by atoms with van der Waals surface area (Å²) >= 11 is 0. The van der Waals surface area contributed by atoms with Crippen molar-refractivity contribution in [3.63, 3.8) is 0 Å². The van der Waals surface area contributed by atoms with Crippen LogP contribution in [0.1, 0.15) is 10.4 Å². The largest absolute Gasteiger partial charge is 0.616 e. The van der Waals surface area contributed by atoms with Crippen LogP contribution in [-0.2, 0) is 0 Å². The zero-order valence-electron chi connectivity index (χ0n) is 40.9. The fourth-order valence-corrected chi connectivity index (χ4v) is 10.3. The SMILES string of the molecule is O=C(c1ccc(-c2ccc(-c3ccc([N+]4([O-])c5ccc(-c6ccc(N(c7ccccc7)c7ccccc7)cc6)cc5-c5cc(-c6ccc(N(c7ccccc7)c7ccccc7)cc6)ccc54)cc3)cc2)cc1)C(F)(F)F. The van der Waals surface area contributed by atoms with Crippen molar-refractivity contribution in [1.82, 2.24) is 4.65 Å². The van der Waals surface area contributed by atoms with Gasteiger partial charge in [0.05, 0.1) is 11.1 Å². The topological polar surface area (TPSA) is 46.6 Å². The molecule has 5 nitrogen and oxygen atoms in total. The lowest BCUT2D eigenvalue weighted by Gasteiger charge is -2.38. The van der Waals surface area contributed by atoms with Gasteiger partial charge in [-0.05, 0) is 154 Å². The lowest BCUT2D eigenvalue weighted by Crippen LogP contribution is -2.29. The molecule has 0 saturated carbocycles. The number of hydrogen-bond donors (Lipinski definition) is 0. The summed E-state index contributed by atoms with van der Waals surface area (Å²) in [6.07, 6.45) is -4.94. The van der Waals surface area contributed by atoms with Gasteiger partial charge in [0.15, 0.2) is 11.4 Å². The van der Waals surface area contributed by atoms with Gasteiger partial charge in [-0.2, -0.15) is 13.2 Å². The molecule has 11 aromatic rings. The molecule has 11 aromatic carbocycles. The first kappa shape index (κ1) is 47.4. The predicted molar refractivity (Wildman–Crippen MR) is 304 cm³/mol. The molecule has 76 heavy (non-hydrogen) atoms. The Morgan fingerprint density at radius 2 is 0.592 bits per heavy atom. The van der Waals surface area contributed by atoms with E-state index < -0.39 is 22.2 Å². The van der Waals surface area contributed by atoms with E-state index in [-0.39, 0.29) is 0 Å². The average molecular weight is 994 g/mol. The molecule has 8 heteroatoms.